The van der Waals surface area contributed by atoms with E-state index in [1.54, 1.807) is 13.2 Å². The van der Waals surface area contributed by atoms with Crippen molar-refractivity contribution in [3.05, 3.63) is 29.6 Å². The van der Waals surface area contributed by atoms with E-state index in [1.165, 1.54) is 12.1 Å². The molecule has 1 aromatic rings. The van der Waals surface area contributed by atoms with E-state index in [0.717, 1.165) is 5.56 Å². The summed E-state index contributed by atoms with van der Waals surface area (Å²) in [4.78, 5) is 0. The molecule has 0 unspecified atom stereocenters. The first-order valence-corrected chi connectivity index (χ1v) is 4.19. The van der Waals surface area contributed by atoms with Gasteiger partial charge in [-0.3, -0.25) is 0 Å². The summed E-state index contributed by atoms with van der Waals surface area (Å²) in [5, 5.41) is 3.07. The van der Waals surface area contributed by atoms with Crippen LogP contribution in [0.5, 0.6) is 5.75 Å². The van der Waals surface area contributed by atoms with Crippen LogP contribution in [0.3, 0.4) is 0 Å². The first-order valence-electron chi connectivity index (χ1n) is 4.19. The van der Waals surface area contributed by atoms with Crippen molar-refractivity contribution >= 4 is 0 Å². The van der Waals surface area contributed by atoms with Gasteiger partial charge in [-0.05, 0) is 20.0 Å². The number of halogens is 1. The zero-order valence-electron chi connectivity index (χ0n) is 8.10. The van der Waals surface area contributed by atoms with Crippen molar-refractivity contribution in [2.24, 2.45) is 0 Å². The van der Waals surface area contributed by atoms with E-state index >= 15 is 0 Å². The number of benzene rings is 1. The van der Waals surface area contributed by atoms with Gasteiger partial charge in [0, 0.05) is 17.7 Å². The molecule has 2 nitrogen and oxygen atoms in total. The summed E-state index contributed by atoms with van der Waals surface area (Å²) in [5.74, 6) is 0.311. The first-order chi connectivity index (χ1) is 6.19. The lowest BCUT2D eigenvalue weighted by Gasteiger charge is -2.14. The minimum Gasteiger partial charge on any atom is -0.496 e. The van der Waals surface area contributed by atoms with Gasteiger partial charge in [0.15, 0.2) is 0 Å². The van der Waals surface area contributed by atoms with Crippen LogP contribution in [0.25, 0.3) is 0 Å². The van der Waals surface area contributed by atoms with Crippen molar-refractivity contribution in [1.29, 1.82) is 0 Å². The fraction of sp³-hybridized carbons (Fsp3) is 0.400. The average Bonchev–Trinajstić information content (AvgIpc) is 2.16. The van der Waals surface area contributed by atoms with E-state index in [0.29, 0.717) is 5.75 Å². The molecule has 0 heterocycles. The van der Waals surface area contributed by atoms with Crippen LogP contribution in [0.1, 0.15) is 18.5 Å². The van der Waals surface area contributed by atoms with Crippen molar-refractivity contribution in [3.63, 3.8) is 0 Å². The van der Waals surface area contributed by atoms with E-state index in [4.69, 9.17) is 4.74 Å². The number of hydrogen-bond donors (Lipinski definition) is 1. The number of hydrogen-bond acceptors (Lipinski definition) is 2. The predicted octanol–water partition coefficient (Wildman–Crippen LogP) is 2.11. The first kappa shape index (κ1) is 9.99. The van der Waals surface area contributed by atoms with Crippen molar-refractivity contribution < 1.29 is 9.13 Å². The third-order valence-electron chi connectivity index (χ3n) is 2.10. The molecule has 0 aliphatic carbocycles. The molecule has 0 bridgehead atoms. The molecule has 0 aromatic heterocycles. The highest BCUT2D eigenvalue weighted by atomic mass is 19.1. The van der Waals surface area contributed by atoms with Gasteiger partial charge >= 0.3 is 0 Å². The van der Waals surface area contributed by atoms with E-state index in [1.807, 2.05) is 14.0 Å². The predicted molar refractivity (Wildman–Crippen MR) is 50.4 cm³/mol. The van der Waals surface area contributed by atoms with Gasteiger partial charge in [-0.2, -0.15) is 0 Å². The molecule has 0 amide bonds. The Morgan fingerprint density at radius 3 is 2.69 bits per heavy atom. The molecule has 0 fully saturated rings. The third kappa shape index (κ3) is 2.18. The molecule has 1 N–H and O–H groups in total. The molecule has 0 saturated heterocycles. The standard InChI is InChI=1S/C10H14FNO/c1-7(12-2)9-5-4-8(11)6-10(9)13-3/h4-7,12H,1-3H3/t7-/m1/s1. The summed E-state index contributed by atoms with van der Waals surface area (Å²) in [5.41, 5.74) is 0.964. The molecule has 0 aliphatic rings. The van der Waals surface area contributed by atoms with E-state index in [9.17, 15) is 4.39 Å². The zero-order valence-corrected chi connectivity index (χ0v) is 8.10. The average molecular weight is 183 g/mol. The van der Waals surface area contributed by atoms with E-state index in [-0.39, 0.29) is 11.9 Å². The van der Waals surface area contributed by atoms with Crippen LogP contribution in [-0.2, 0) is 0 Å². The second-order valence-electron chi connectivity index (χ2n) is 2.90. The minimum atomic E-state index is -0.274. The molecule has 72 valence electrons. The molecular weight excluding hydrogens is 169 g/mol. The highest BCUT2D eigenvalue weighted by Gasteiger charge is 2.09. The summed E-state index contributed by atoms with van der Waals surface area (Å²) in [6.07, 6.45) is 0. The monoisotopic (exact) mass is 183 g/mol. The fourth-order valence-electron chi connectivity index (χ4n) is 1.20. The van der Waals surface area contributed by atoms with Gasteiger partial charge in [0.25, 0.3) is 0 Å². The molecule has 13 heavy (non-hydrogen) atoms. The summed E-state index contributed by atoms with van der Waals surface area (Å²) in [6.45, 7) is 2.00. The largest absolute Gasteiger partial charge is 0.496 e. The lowest BCUT2D eigenvalue weighted by molar-refractivity contribution is 0.400. The lowest BCUT2D eigenvalue weighted by atomic mass is 10.1. The zero-order chi connectivity index (χ0) is 9.84. The SMILES string of the molecule is CN[C@H](C)c1ccc(F)cc1OC. The number of rotatable bonds is 3. The van der Waals surface area contributed by atoms with Crippen molar-refractivity contribution in [1.82, 2.24) is 5.32 Å². The highest BCUT2D eigenvalue weighted by molar-refractivity contribution is 5.36. The van der Waals surface area contributed by atoms with Gasteiger partial charge in [0.05, 0.1) is 7.11 Å². The molecular formula is C10H14FNO. The molecule has 0 radical (unpaired) electrons. The van der Waals surface area contributed by atoms with Crippen LogP contribution in [0.15, 0.2) is 18.2 Å². The molecule has 1 atom stereocenters. The third-order valence-corrected chi connectivity index (χ3v) is 2.10. The molecule has 0 saturated carbocycles. The normalized spacial score (nSPS) is 12.6. The van der Waals surface area contributed by atoms with Gasteiger partial charge in [-0.15, -0.1) is 0 Å². The smallest absolute Gasteiger partial charge is 0.126 e. The van der Waals surface area contributed by atoms with Gasteiger partial charge in [0.1, 0.15) is 11.6 Å². The molecule has 0 spiro atoms. The van der Waals surface area contributed by atoms with Crippen LogP contribution < -0.4 is 10.1 Å². The minimum absolute atomic E-state index is 0.163. The van der Waals surface area contributed by atoms with Crippen LogP contribution in [0.2, 0.25) is 0 Å². The van der Waals surface area contributed by atoms with Gasteiger partial charge in [-0.1, -0.05) is 6.07 Å². The van der Waals surface area contributed by atoms with Crippen LogP contribution in [0, 0.1) is 5.82 Å². The molecule has 1 rings (SSSR count). The van der Waals surface area contributed by atoms with Crippen LogP contribution >= 0.6 is 0 Å². The maximum absolute atomic E-state index is 12.8. The number of ether oxygens (including phenoxy) is 1. The second kappa shape index (κ2) is 4.23. The Hall–Kier alpha value is -1.09. The maximum atomic E-state index is 12.8. The van der Waals surface area contributed by atoms with Crippen LogP contribution in [0.4, 0.5) is 4.39 Å². The van der Waals surface area contributed by atoms with E-state index in [2.05, 4.69) is 5.32 Å². The Morgan fingerprint density at radius 2 is 2.15 bits per heavy atom. The summed E-state index contributed by atoms with van der Waals surface area (Å²) >= 11 is 0. The number of methoxy groups -OCH3 is 1. The molecule has 3 heteroatoms. The lowest BCUT2D eigenvalue weighted by Crippen LogP contribution is -2.13. The Kier molecular flexibility index (Phi) is 3.25. The fourth-order valence-corrected chi connectivity index (χ4v) is 1.20. The maximum Gasteiger partial charge on any atom is 0.126 e. The number of nitrogens with one attached hydrogen (secondary N) is 1. The summed E-state index contributed by atoms with van der Waals surface area (Å²) in [7, 11) is 3.40. The van der Waals surface area contributed by atoms with Crippen molar-refractivity contribution in [3.8, 4) is 5.75 Å². The Balaban J connectivity index is 3.05. The van der Waals surface area contributed by atoms with Gasteiger partial charge < -0.3 is 10.1 Å². The van der Waals surface area contributed by atoms with E-state index < -0.39 is 0 Å². The second-order valence-corrected chi connectivity index (χ2v) is 2.90. The summed E-state index contributed by atoms with van der Waals surface area (Å²) in [6, 6.07) is 4.72. The Bertz CT molecular complexity index is 288. The quantitative estimate of drug-likeness (QED) is 0.775. The highest BCUT2D eigenvalue weighted by Crippen LogP contribution is 2.25. The molecule has 1 aromatic carbocycles. The Labute approximate surface area is 77.7 Å². The molecule has 0 aliphatic heterocycles. The van der Waals surface area contributed by atoms with Crippen molar-refractivity contribution in [2.75, 3.05) is 14.2 Å². The van der Waals surface area contributed by atoms with Crippen molar-refractivity contribution in [2.45, 2.75) is 13.0 Å². The van der Waals surface area contributed by atoms with Crippen LogP contribution in [-0.4, -0.2) is 14.2 Å². The summed E-state index contributed by atoms with van der Waals surface area (Å²) < 4.78 is 17.9. The topological polar surface area (TPSA) is 21.3 Å². The Morgan fingerprint density at radius 1 is 1.46 bits per heavy atom. The van der Waals surface area contributed by atoms with Gasteiger partial charge in [0.2, 0.25) is 0 Å². The van der Waals surface area contributed by atoms with Gasteiger partial charge in [-0.25, -0.2) is 4.39 Å².